The molecule has 0 atom stereocenters. The Balaban J connectivity index is 0.758. The monoisotopic (exact) mass is 930 g/mol. The number of hydrogen-bond acceptors (Lipinski definition) is 2. The molecule has 0 aliphatic heterocycles. The van der Waals surface area contributed by atoms with E-state index in [2.05, 4.69) is 276 Å². The summed E-state index contributed by atoms with van der Waals surface area (Å²) >= 11 is 0. The van der Waals surface area contributed by atoms with E-state index in [0.29, 0.717) is 0 Å². The van der Waals surface area contributed by atoms with E-state index in [1.54, 1.807) is 0 Å². The highest BCUT2D eigenvalue weighted by atomic mass is 16.3. The first-order chi connectivity index (χ1) is 36.2. The van der Waals surface area contributed by atoms with Crippen LogP contribution in [0.3, 0.4) is 0 Å². The molecule has 0 N–H and O–H groups in total. The van der Waals surface area contributed by atoms with Crippen molar-refractivity contribution in [2.24, 2.45) is 0 Å². The summed E-state index contributed by atoms with van der Waals surface area (Å²) in [6, 6.07) is 101. The lowest BCUT2D eigenvalue weighted by Crippen LogP contribution is -2.09. The predicted molar refractivity (Wildman–Crippen MR) is 307 cm³/mol. The number of fused-ring (bicyclic) bond motifs is 7. The number of anilines is 3. The molecule has 14 aromatic rings. The quantitative estimate of drug-likeness (QED) is 0.144. The Morgan fingerprint density at radius 3 is 1.19 bits per heavy atom. The molecule has 2 heterocycles. The van der Waals surface area contributed by atoms with Crippen LogP contribution in [0.25, 0.3) is 116 Å². The third kappa shape index (κ3) is 7.46. The van der Waals surface area contributed by atoms with Gasteiger partial charge in [-0.1, -0.05) is 206 Å². The molecular formula is C70H46N2O. The first kappa shape index (κ1) is 42.2. The van der Waals surface area contributed by atoms with Crippen LogP contribution < -0.4 is 4.90 Å². The van der Waals surface area contributed by atoms with E-state index in [9.17, 15) is 0 Å². The van der Waals surface area contributed by atoms with Gasteiger partial charge in [-0.3, -0.25) is 0 Å². The fraction of sp³-hybridized carbons (Fsp3) is 0. The van der Waals surface area contributed by atoms with Crippen LogP contribution in [0.2, 0.25) is 0 Å². The Bertz CT molecular complexity index is 4260. The maximum Gasteiger partial charge on any atom is 0.136 e. The lowest BCUT2D eigenvalue weighted by Gasteiger charge is -2.26. The van der Waals surface area contributed by atoms with Gasteiger partial charge in [-0.2, -0.15) is 0 Å². The minimum atomic E-state index is 0.907. The van der Waals surface area contributed by atoms with Crippen LogP contribution in [0.5, 0.6) is 0 Å². The van der Waals surface area contributed by atoms with Crippen molar-refractivity contribution in [3.05, 3.63) is 279 Å². The molecule has 12 aromatic carbocycles. The number of furan rings is 1. The number of aromatic nitrogens is 1. The lowest BCUT2D eigenvalue weighted by molar-refractivity contribution is 0.669. The van der Waals surface area contributed by atoms with Gasteiger partial charge in [0.15, 0.2) is 0 Å². The Hall–Kier alpha value is -9.70. The van der Waals surface area contributed by atoms with Crippen LogP contribution in [0.15, 0.2) is 283 Å². The zero-order valence-corrected chi connectivity index (χ0v) is 39.9. The van der Waals surface area contributed by atoms with E-state index in [-0.39, 0.29) is 0 Å². The van der Waals surface area contributed by atoms with Crippen LogP contribution in [0, 0.1) is 0 Å². The van der Waals surface area contributed by atoms with E-state index in [4.69, 9.17) is 4.42 Å². The van der Waals surface area contributed by atoms with E-state index in [1.807, 2.05) is 12.1 Å². The molecule has 0 aliphatic carbocycles. The number of hydrogen-bond donors (Lipinski definition) is 0. The average Bonchev–Trinajstić information content (AvgIpc) is 4.02. The second kappa shape index (κ2) is 17.6. The van der Waals surface area contributed by atoms with Gasteiger partial charge in [-0.05, 0) is 139 Å². The SMILES string of the molecule is c1ccc2c(-c3ccc(N(c4ccc(-c5ccc(-c6ccc(-n7c8ccccc8c8ccccc87)cc6)cc5)cc4)c4ccc(-c5ccc(-c6cccc7oc8ccccc8c67)cc5)cc4)cc3)cccc2c1. The minimum absolute atomic E-state index is 0.907. The largest absolute Gasteiger partial charge is 0.456 e. The molecule has 3 heteroatoms. The summed E-state index contributed by atoms with van der Waals surface area (Å²) in [4.78, 5) is 2.35. The summed E-state index contributed by atoms with van der Waals surface area (Å²) in [6.07, 6.45) is 0. The molecule has 0 radical (unpaired) electrons. The normalized spacial score (nSPS) is 11.6. The molecule has 0 fully saturated rings. The zero-order chi connectivity index (χ0) is 48.2. The molecule has 0 spiro atoms. The molecule has 0 bridgehead atoms. The molecule has 14 rings (SSSR count). The molecule has 73 heavy (non-hydrogen) atoms. The van der Waals surface area contributed by atoms with Crippen molar-refractivity contribution in [3.8, 4) is 61.3 Å². The summed E-state index contributed by atoms with van der Waals surface area (Å²) in [7, 11) is 0. The Labute approximate surface area is 423 Å². The minimum Gasteiger partial charge on any atom is -0.456 e. The van der Waals surface area contributed by atoms with Crippen LogP contribution >= 0.6 is 0 Å². The third-order valence-corrected chi connectivity index (χ3v) is 14.7. The third-order valence-electron chi connectivity index (χ3n) is 14.7. The summed E-state index contributed by atoms with van der Waals surface area (Å²) in [6.45, 7) is 0. The molecule has 0 saturated heterocycles. The van der Waals surface area contributed by atoms with Crippen molar-refractivity contribution in [2.75, 3.05) is 4.90 Å². The topological polar surface area (TPSA) is 21.3 Å². The highest BCUT2D eigenvalue weighted by molar-refractivity contribution is 6.12. The zero-order valence-electron chi connectivity index (χ0n) is 39.9. The van der Waals surface area contributed by atoms with Gasteiger partial charge in [0.25, 0.3) is 0 Å². The maximum absolute atomic E-state index is 6.21. The molecule has 342 valence electrons. The number of nitrogens with zero attached hydrogens (tertiary/aromatic N) is 2. The van der Waals surface area contributed by atoms with Crippen LogP contribution in [0.1, 0.15) is 0 Å². The van der Waals surface area contributed by atoms with Gasteiger partial charge in [0.2, 0.25) is 0 Å². The Morgan fingerprint density at radius 2 is 0.630 bits per heavy atom. The Morgan fingerprint density at radius 1 is 0.260 bits per heavy atom. The second-order valence-corrected chi connectivity index (χ2v) is 18.9. The van der Waals surface area contributed by atoms with Crippen LogP contribution in [-0.4, -0.2) is 4.57 Å². The highest BCUT2D eigenvalue weighted by Gasteiger charge is 2.17. The fourth-order valence-electron chi connectivity index (χ4n) is 11.0. The highest BCUT2D eigenvalue weighted by Crippen LogP contribution is 2.41. The van der Waals surface area contributed by atoms with E-state index in [0.717, 1.165) is 61.4 Å². The smallest absolute Gasteiger partial charge is 0.136 e. The number of rotatable bonds is 9. The second-order valence-electron chi connectivity index (χ2n) is 18.9. The number of para-hydroxylation sites is 3. The van der Waals surface area contributed by atoms with Gasteiger partial charge in [0.1, 0.15) is 11.2 Å². The van der Waals surface area contributed by atoms with Gasteiger partial charge < -0.3 is 13.9 Å². The molecule has 3 nitrogen and oxygen atoms in total. The van der Waals surface area contributed by atoms with Crippen molar-refractivity contribution in [2.45, 2.75) is 0 Å². The molecule has 2 aromatic heterocycles. The van der Waals surface area contributed by atoms with E-state index in [1.165, 1.54) is 71.5 Å². The summed E-state index contributed by atoms with van der Waals surface area (Å²) in [5.41, 5.74) is 20.5. The Kier molecular flexibility index (Phi) is 10.2. The first-order valence-electron chi connectivity index (χ1n) is 25.0. The molecule has 0 saturated carbocycles. The van der Waals surface area contributed by atoms with Gasteiger partial charge >= 0.3 is 0 Å². The lowest BCUT2D eigenvalue weighted by atomic mass is 9.96. The van der Waals surface area contributed by atoms with Crippen molar-refractivity contribution in [3.63, 3.8) is 0 Å². The van der Waals surface area contributed by atoms with Crippen LogP contribution in [-0.2, 0) is 0 Å². The van der Waals surface area contributed by atoms with E-state index < -0.39 is 0 Å². The van der Waals surface area contributed by atoms with Gasteiger partial charge in [-0.25, -0.2) is 0 Å². The average molecular weight is 931 g/mol. The molecular weight excluding hydrogens is 885 g/mol. The van der Waals surface area contributed by atoms with E-state index >= 15 is 0 Å². The van der Waals surface area contributed by atoms with Crippen molar-refractivity contribution < 1.29 is 4.42 Å². The summed E-state index contributed by atoms with van der Waals surface area (Å²) < 4.78 is 8.58. The number of benzene rings is 12. The van der Waals surface area contributed by atoms with Crippen molar-refractivity contribution in [1.82, 2.24) is 4.57 Å². The van der Waals surface area contributed by atoms with Crippen LogP contribution in [0.4, 0.5) is 17.1 Å². The fourth-order valence-corrected chi connectivity index (χ4v) is 11.0. The summed E-state index contributed by atoms with van der Waals surface area (Å²) in [5, 5.41) is 7.32. The molecule has 0 aliphatic rings. The predicted octanol–water partition coefficient (Wildman–Crippen LogP) is 19.6. The van der Waals surface area contributed by atoms with Gasteiger partial charge in [0, 0.05) is 44.3 Å². The molecule has 0 amide bonds. The first-order valence-corrected chi connectivity index (χ1v) is 25.0. The van der Waals surface area contributed by atoms with Crippen molar-refractivity contribution >= 4 is 71.6 Å². The maximum atomic E-state index is 6.21. The van der Waals surface area contributed by atoms with Crippen molar-refractivity contribution in [1.29, 1.82) is 0 Å². The molecule has 0 unspecified atom stereocenters. The standard InChI is InChI=1S/C70H46N2O/c1-2-13-60-53(11-1)12-9-17-61(60)54-37-45-58(46-38-54)71(57-41-33-51(34-42-57)49-27-29-55(30-28-49)62-18-10-22-69-70(62)65-16-5-8-21-68(65)73-69)56-39-31-50(32-40-56)47-23-25-48(26-24-47)52-35-43-59(44-36-52)72-66-19-6-3-14-63(66)64-15-4-7-20-67(64)72/h1-46H. The van der Waals surface area contributed by atoms with Gasteiger partial charge in [0.05, 0.1) is 11.0 Å². The summed E-state index contributed by atoms with van der Waals surface area (Å²) in [5.74, 6) is 0. The van der Waals surface area contributed by atoms with Gasteiger partial charge in [-0.15, -0.1) is 0 Å².